The quantitative estimate of drug-likeness (QED) is 0.785. The summed E-state index contributed by atoms with van der Waals surface area (Å²) in [5, 5.41) is 0. The zero-order valence-corrected chi connectivity index (χ0v) is 11.1. The van der Waals surface area contributed by atoms with Crippen LogP contribution in [0.3, 0.4) is 0 Å². The first-order valence-electron chi connectivity index (χ1n) is 7.43. The molecule has 1 aromatic carbocycles. The summed E-state index contributed by atoms with van der Waals surface area (Å²) in [4.78, 5) is 14.8. The third-order valence-electron chi connectivity index (χ3n) is 5.35. The first-order valence-corrected chi connectivity index (χ1v) is 7.43. The molecule has 2 saturated carbocycles. The van der Waals surface area contributed by atoms with Gasteiger partial charge in [-0.15, -0.1) is 0 Å². The minimum Gasteiger partial charge on any atom is -0.397 e. The third-order valence-corrected chi connectivity index (χ3v) is 5.35. The van der Waals surface area contributed by atoms with Gasteiger partial charge in [0.25, 0.3) is 0 Å². The molecule has 0 radical (unpaired) electrons. The number of hydrogen-bond donors (Lipinski definition) is 1. The third kappa shape index (κ3) is 1.60. The summed E-state index contributed by atoms with van der Waals surface area (Å²) >= 11 is 0. The van der Waals surface area contributed by atoms with E-state index in [1.807, 2.05) is 17.0 Å². The van der Waals surface area contributed by atoms with Gasteiger partial charge < -0.3 is 10.6 Å². The van der Waals surface area contributed by atoms with Crippen LogP contribution >= 0.6 is 0 Å². The fourth-order valence-electron chi connectivity index (χ4n) is 4.45. The standard InChI is InChI=1S/C16H20N2O/c17-14-3-1-2-11-6-7-18(15(11)14)16(19)13-9-10-4-5-12(13)8-10/h1-3,10,12-13H,4-9,17H2. The molecule has 2 fully saturated rings. The largest absolute Gasteiger partial charge is 0.397 e. The SMILES string of the molecule is Nc1cccc2c1N(C(=O)C1CC3CCC1C3)CC2. The lowest BCUT2D eigenvalue weighted by Gasteiger charge is -2.27. The van der Waals surface area contributed by atoms with Gasteiger partial charge in [-0.05, 0) is 49.1 Å². The molecule has 0 spiro atoms. The summed E-state index contributed by atoms with van der Waals surface area (Å²) in [6, 6.07) is 5.99. The highest BCUT2D eigenvalue weighted by atomic mass is 16.2. The maximum Gasteiger partial charge on any atom is 0.230 e. The molecule has 1 heterocycles. The highest BCUT2D eigenvalue weighted by molar-refractivity contribution is 6.00. The molecule has 4 rings (SSSR count). The van der Waals surface area contributed by atoms with Gasteiger partial charge in [-0.1, -0.05) is 18.6 Å². The van der Waals surface area contributed by atoms with Crippen molar-refractivity contribution in [3.05, 3.63) is 23.8 Å². The summed E-state index contributed by atoms with van der Waals surface area (Å²) < 4.78 is 0. The number of nitrogens with two attached hydrogens (primary N) is 1. The average Bonchev–Trinajstić information content (AvgIpc) is 3.12. The maximum atomic E-state index is 12.8. The molecule has 1 aromatic rings. The Morgan fingerprint density at radius 1 is 1.26 bits per heavy atom. The zero-order chi connectivity index (χ0) is 13.0. The summed E-state index contributed by atoms with van der Waals surface area (Å²) in [7, 11) is 0. The Labute approximate surface area is 113 Å². The molecule has 0 aromatic heterocycles. The molecule has 2 aliphatic carbocycles. The second-order valence-electron chi connectivity index (χ2n) is 6.38. The lowest BCUT2D eigenvalue weighted by atomic mass is 9.87. The highest BCUT2D eigenvalue weighted by Crippen LogP contribution is 2.49. The number of fused-ring (bicyclic) bond motifs is 3. The van der Waals surface area contributed by atoms with Crippen LogP contribution < -0.4 is 10.6 Å². The number of carbonyl (C=O) groups is 1. The number of nitrogen functional groups attached to an aromatic ring is 1. The first kappa shape index (κ1) is 11.3. The molecular formula is C16H20N2O. The van der Waals surface area contributed by atoms with E-state index < -0.39 is 0 Å². The molecule has 2 bridgehead atoms. The van der Waals surface area contributed by atoms with Crippen molar-refractivity contribution >= 4 is 17.3 Å². The van der Waals surface area contributed by atoms with Crippen LogP contribution in [0, 0.1) is 17.8 Å². The Bertz CT molecular complexity index is 540. The van der Waals surface area contributed by atoms with Gasteiger partial charge in [-0.2, -0.15) is 0 Å². The van der Waals surface area contributed by atoms with Gasteiger partial charge in [0.2, 0.25) is 5.91 Å². The molecule has 3 aliphatic rings. The minimum atomic E-state index is 0.268. The molecule has 3 heteroatoms. The average molecular weight is 256 g/mol. The van der Waals surface area contributed by atoms with Gasteiger partial charge in [0.05, 0.1) is 11.4 Å². The number of anilines is 2. The lowest BCUT2D eigenvalue weighted by molar-refractivity contribution is -0.123. The van der Waals surface area contributed by atoms with Crippen LogP contribution in [0.1, 0.15) is 31.2 Å². The van der Waals surface area contributed by atoms with Crippen molar-refractivity contribution in [1.29, 1.82) is 0 Å². The monoisotopic (exact) mass is 256 g/mol. The number of rotatable bonds is 1. The van der Waals surface area contributed by atoms with Gasteiger partial charge in [0, 0.05) is 12.5 Å². The summed E-state index contributed by atoms with van der Waals surface area (Å²) in [6.45, 7) is 0.816. The zero-order valence-electron chi connectivity index (χ0n) is 11.1. The fourth-order valence-corrected chi connectivity index (χ4v) is 4.45. The minimum absolute atomic E-state index is 0.268. The molecule has 2 N–H and O–H groups in total. The number of nitrogens with zero attached hydrogens (tertiary/aromatic N) is 1. The van der Waals surface area contributed by atoms with Crippen LogP contribution in [0.25, 0.3) is 0 Å². The fraction of sp³-hybridized carbons (Fsp3) is 0.562. The Hall–Kier alpha value is -1.51. The van der Waals surface area contributed by atoms with Crippen LogP contribution in [0.15, 0.2) is 18.2 Å². The van der Waals surface area contributed by atoms with E-state index in [4.69, 9.17) is 5.73 Å². The second kappa shape index (κ2) is 3.99. The molecule has 1 aliphatic heterocycles. The van der Waals surface area contributed by atoms with Crippen molar-refractivity contribution in [3.8, 4) is 0 Å². The molecule has 3 unspecified atom stereocenters. The van der Waals surface area contributed by atoms with Crippen LogP contribution in [0.5, 0.6) is 0 Å². The molecule has 3 nitrogen and oxygen atoms in total. The van der Waals surface area contributed by atoms with Crippen LogP contribution in [0.4, 0.5) is 11.4 Å². The summed E-state index contributed by atoms with van der Waals surface area (Å²) in [6.07, 6.45) is 5.94. The van der Waals surface area contributed by atoms with Crippen LogP contribution in [-0.4, -0.2) is 12.5 Å². The topological polar surface area (TPSA) is 46.3 Å². The Morgan fingerprint density at radius 2 is 2.16 bits per heavy atom. The molecule has 3 atom stereocenters. The van der Waals surface area contributed by atoms with E-state index in [0.717, 1.165) is 36.7 Å². The number of hydrogen-bond acceptors (Lipinski definition) is 2. The van der Waals surface area contributed by atoms with E-state index in [9.17, 15) is 4.79 Å². The van der Waals surface area contributed by atoms with Gasteiger partial charge in [-0.25, -0.2) is 0 Å². The summed E-state index contributed by atoms with van der Waals surface area (Å²) in [5.41, 5.74) is 9.07. The van der Waals surface area contributed by atoms with E-state index in [0.29, 0.717) is 11.8 Å². The highest BCUT2D eigenvalue weighted by Gasteiger charge is 2.45. The van der Waals surface area contributed by atoms with E-state index in [2.05, 4.69) is 6.07 Å². The predicted octanol–water partition coefficient (Wildman–Crippen LogP) is 2.59. The van der Waals surface area contributed by atoms with E-state index >= 15 is 0 Å². The number of benzene rings is 1. The normalized spacial score (nSPS) is 31.8. The van der Waals surface area contributed by atoms with Crippen molar-refractivity contribution in [1.82, 2.24) is 0 Å². The van der Waals surface area contributed by atoms with Gasteiger partial charge in [0.1, 0.15) is 0 Å². The molecular weight excluding hydrogens is 236 g/mol. The Kier molecular flexibility index (Phi) is 2.38. The van der Waals surface area contributed by atoms with E-state index in [1.165, 1.54) is 24.8 Å². The number of para-hydroxylation sites is 1. The van der Waals surface area contributed by atoms with E-state index in [-0.39, 0.29) is 5.92 Å². The van der Waals surface area contributed by atoms with Crippen molar-refractivity contribution in [2.24, 2.45) is 17.8 Å². The molecule has 1 amide bonds. The number of carbonyl (C=O) groups excluding carboxylic acids is 1. The predicted molar refractivity (Wildman–Crippen MR) is 75.8 cm³/mol. The second-order valence-corrected chi connectivity index (χ2v) is 6.38. The smallest absolute Gasteiger partial charge is 0.230 e. The molecule has 0 saturated heterocycles. The van der Waals surface area contributed by atoms with Crippen molar-refractivity contribution in [2.75, 3.05) is 17.2 Å². The van der Waals surface area contributed by atoms with E-state index in [1.54, 1.807) is 0 Å². The van der Waals surface area contributed by atoms with Crippen LogP contribution in [-0.2, 0) is 11.2 Å². The first-order chi connectivity index (χ1) is 9.24. The summed E-state index contributed by atoms with van der Waals surface area (Å²) in [5.74, 6) is 2.06. The van der Waals surface area contributed by atoms with Crippen molar-refractivity contribution < 1.29 is 4.79 Å². The maximum absolute atomic E-state index is 12.8. The molecule has 100 valence electrons. The van der Waals surface area contributed by atoms with Gasteiger partial charge in [-0.3, -0.25) is 4.79 Å². The Morgan fingerprint density at radius 3 is 2.89 bits per heavy atom. The lowest BCUT2D eigenvalue weighted by Crippen LogP contribution is -2.37. The number of amides is 1. The van der Waals surface area contributed by atoms with Crippen molar-refractivity contribution in [2.45, 2.75) is 32.1 Å². The Balaban J connectivity index is 1.63. The van der Waals surface area contributed by atoms with Crippen LogP contribution in [0.2, 0.25) is 0 Å². The van der Waals surface area contributed by atoms with Gasteiger partial charge >= 0.3 is 0 Å². The van der Waals surface area contributed by atoms with Crippen molar-refractivity contribution in [3.63, 3.8) is 0 Å². The van der Waals surface area contributed by atoms with Gasteiger partial charge in [0.15, 0.2) is 0 Å². The molecule has 19 heavy (non-hydrogen) atoms.